The molecule has 1 aliphatic rings. The molecule has 0 radical (unpaired) electrons. The van der Waals surface area contributed by atoms with Crippen molar-refractivity contribution in [3.8, 4) is 0 Å². The van der Waals surface area contributed by atoms with Gasteiger partial charge in [0.1, 0.15) is 11.6 Å². The lowest BCUT2D eigenvalue weighted by Crippen LogP contribution is -2.36. The van der Waals surface area contributed by atoms with Gasteiger partial charge in [-0.15, -0.1) is 0 Å². The molecule has 25 heavy (non-hydrogen) atoms. The van der Waals surface area contributed by atoms with Gasteiger partial charge in [0.05, 0.1) is 17.2 Å². The topological polar surface area (TPSA) is 79.7 Å². The minimum absolute atomic E-state index is 0.144. The van der Waals surface area contributed by atoms with Crippen LogP contribution < -0.4 is 10.6 Å². The first-order valence-corrected chi connectivity index (χ1v) is 8.86. The van der Waals surface area contributed by atoms with Gasteiger partial charge in [0.2, 0.25) is 0 Å². The molecule has 0 bridgehead atoms. The van der Waals surface area contributed by atoms with Crippen LogP contribution in [0.15, 0.2) is 29.2 Å². The number of aromatic nitrogens is 5. The molecule has 1 saturated heterocycles. The van der Waals surface area contributed by atoms with E-state index in [1.165, 1.54) is 0 Å². The molecule has 0 saturated carbocycles. The van der Waals surface area contributed by atoms with E-state index < -0.39 is 0 Å². The highest BCUT2D eigenvalue weighted by atomic mass is 35.5. The Hall–Kier alpha value is -2.41. The van der Waals surface area contributed by atoms with Crippen LogP contribution in [-0.2, 0) is 6.54 Å². The second-order valence-corrected chi connectivity index (χ2v) is 6.71. The first-order chi connectivity index (χ1) is 12.2. The summed E-state index contributed by atoms with van der Waals surface area (Å²) in [6.45, 7) is 4.26. The maximum absolute atomic E-state index is 11.8. The molecule has 3 aromatic rings. The molecular weight excluding hydrogens is 340 g/mol. The number of rotatable bonds is 3. The summed E-state index contributed by atoms with van der Waals surface area (Å²) in [6.07, 6.45) is 3.83. The van der Waals surface area contributed by atoms with E-state index in [4.69, 9.17) is 16.6 Å². The number of benzene rings is 1. The number of piperidine rings is 1. The van der Waals surface area contributed by atoms with Crippen LogP contribution in [0.2, 0.25) is 5.02 Å². The summed E-state index contributed by atoms with van der Waals surface area (Å²) in [5.41, 5.74) is 1.47. The van der Waals surface area contributed by atoms with Crippen molar-refractivity contribution >= 4 is 28.5 Å². The van der Waals surface area contributed by atoms with Crippen molar-refractivity contribution in [2.45, 2.75) is 32.2 Å². The Morgan fingerprint density at radius 2 is 2.24 bits per heavy atom. The van der Waals surface area contributed by atoms with E-state index >= 15 is 0 Å². The largest absolute Gasteiger partial charge is 0.355 e. The van der Waals surface area contributed by atoms with E-state index in [0.29, 0.717) is 11.6 Å². The van der Waals surface area contributed by atoms with Gasteiger partial charge in [0.15, 0.2) is 0 Å². The number of halogens is 1. The molecular formula is C17H19ClN6O. The van der Waals surface area contributed by atoms with Gasteiger partial charge in [-0.3, -0.25) is 9.55 Å². The maximum atomic E-state index is 11.8. The second-order valence-electron chi connectivity index (χ2n) is 6.28. The highest BCUT2D eigenvalue weighted by molar-refractivity contribution is 6.31. The fraction of sp³-hybridized carbons (Fsp3) is 0.412. The minimum atomic E-state index is -0.144. The fourth-order valence-electron chi connectivity index (χ4n) is 3.47. The van der Waals surface area contributed by atoms with Crippen molar-refractivity contribution in [1.29, 1.82) is 0 Å². The number of nitrogens with one attached hydrogen (secondary N) is 1. The maximum Gasteiger partial charge on any atom is 0.343 e. The van der Waals surface area contributed by atoms with Crippen LogP contribution in [0, 0.1) is 0 Å². The normalized spacial score (nSPS) is 18.0. The lowest BCUT2D eigenvalue weighted by molar-refractivity contribution is 0.469. The van der Waals surface area contributed by atoms with Gasteiger partial charge in [0, 0.05) is 30.6 Å². The number of H-pyrrole nitrogens is 1. The van der Waals surface area contributed by atoms with Gasteiger partial charge < -0.3 is 4.90 Å². The molecule has 1 fully saturated rings. The van der Waals surface area contributed by atoms with Gasteiger partial charge in [-0.1, -0.05) is 11.6 Å². The molecule has 7 nitrogen and oxygen atoms in total. The summed E-state index contributed by atoms with van der Waals surface area (Å²) < 4.78 is 1.71. The van der Waals surface area contributed by atoms with E-state index in [9.17, 15) is 4.79 Å². The number of aromatic amines is 1. The first kappa shape index (κ1) is 16.1. The van der Waals surface area contributed by atoms with E-state index in [0.717, 1.165) is 48.6 Å². The quantitative estimate of drug-likeness (QED) is 0.778. The third-order valence-corrected chi connectivity index (χ3v) is 4.94. The Bertz CT molecular complexity index is 965. The summed E-state index contributed by atoms with van der Waals surface area (Å²) in [6, 6.07) is 5.52. The SMILES string of the molecule is CCn1c(C2CCCN(c3cnc4ccc(Cl)cc4n3)C2)n[nH]c1=O. The van der Waals surface area contributed by atoms with E-state index in [1.54, 1.807) is 10.8 Å². The summed E-state index contributed by atoms with van der Waals surface area (Å²) >= 11 is 6.07. The number of nitrogens with zero attached hydrogens (tertiary/aromatic N) is 5. The third-order valence-electron chi connectivity index (χ3n) is 4.71. The molecule has 3 heterocycles. The van der Waals surface area contributed by atoms with Crippen molar-refractivity contribution in [3.05, 3.63) is 45.7 Å². The first-order valence-electron chi connectivity index (χ1n) is 8.48. The number of hydrogen-bond donors (Lipinski definition) is 1. The number of anilines is 1. The van der Waals surface area contributed by atoms with Crippen molar-refractivity contribution in [3.63, 3.8) is 0 Å². The molecule has 130 valence electrons. The molecule has 0 aliphatic carbocycles. The molecule has 1 aliphatic heterocycles. The summed E-state index contributed by atoms with van der Waals surface area (Å²) in [4.78, 5) is 23.3. The van der Waals surface area contributed by atoms with Gasteiger partial charge >= 0.3 is 5.69 Å². The number of fused-ring (bicyclic) bond motifs is 1. The number of hydrogen-bond acceptors (Lipinski definition) is 5. The van der Waals surface area contributed by atoms with Crippen LogP contribution in [0.5, 0.6) is 0 Å². The van der Waals surface area contributed by atoms with Crippen LogP contribution >= 0.6 is 11.6 Å². The molecule has 4 rings (SSSR count). The van der Waals surface area contributed by atoms with Crippen LogP contribution in [0.3, 0.4) is 0 Å². The van der Waals surface area contributed by atoms with Crippen molar-refractivity contribution in [1.82, 2.24) is 24.7 Å². The zero-order valence-corrected chi connectivity index (χ0v) is 14.7. The van der Waals surface area contributed by atoms with Gasteiger partial charge in [0.25, 0.3) is 0 Å². The Balaban J connectivity index is 1.63. The molecule has 0 amide bonds. The summed E-state index contributed by atoms with van der Waals surface area (Å²) in [5, 5.41) is 7.46. The monoisotopic (exact) mass is 358 g/mol. The minimum Gasteiger partial charge on any atom is -0.355 e. The highest BCUT2D eigenvalue weighted by Crippen LogP contribution is 2.28. The third kappa shape index (κ3) is 3.00. The van der Waals surface area contributed by atoms with Crippen LogP contribution in [0.1, 0.15) is 31.5 Å². The predicted molar refractivity (Wildman–Crippen MR) is 97.3 cm³/mol. The molecule has 1 atom stereocenters. The Labute approximate surface area is 149 Å². The predicted octanol–water partition coefficient (Wildman–Crippen LogP) is 2.57. The van der Waals surface area contributed by atoms with Crippen molar-refractivity contribution in [2.24, 2.45) is 0 Å². The molecule has 0 spiro atoms. The van der Waals surface area contributed by atoms with Crippen molar-refractivity contribution in [2.75, 3.05) is 18.0 Å². The molecule has 1 unspecified atom stereocenters. The highest BCUT2D eigenvalue weighted by Gasteiger charge is 2.26. The average molecular weight is 359 g/mol. The van der Waals surface area contributed by atoms with Crippen LogP contribution in [0.25, 0.3) is 11.0 Å². The zero-order chi connectivity index (χ0) is 17.4. The molecule has 8 heteroatoms. The van der Waals surface area contributed by atoms with Crippen LogP contribution in [0.4, 0.5) is 5.82 Å². The fourth-order valence-corrected chi connectivity index (χ4v) is 3.64. The van der Waals surface area contributed by atoms with Gasteiger partial charge in [-0.2, -0.15) is 5.10 Å². The van der Waals surface area contributed by atoms with Crippen molar-refractivity contribution < 1.29 is 0 Å². The summed E-state index contributed by atoms with van der Waals surface area (Å²) in [7, 11) is 0. The Morgan fingerprint density at radius 3 is 3.08 bits per heavy atom. The second kappa shape index (κ2) is 6.48. The van der Waals surface area contributed by atoms with E-state index in [-0.39, 0.29) is 11.6 Å². The lowest BCUT2D eigenvalue weighted by atomic mass is 9.97. The summed E-state index contributed by atoms with van der Waals surface area (Å²) in [5.74, 6) is 1.86. The van der Waals surface area contributed by atoms with Gasteiger partial charge in [-0.05, 0) is 38.0 Å². The lowest BCUT2D eigenvalue weighted by Gasteiger charge is -2.33. The smallest absolute Gasteiger partial charge is 0.343 e. The molecule has 1 aromatic carbocycles. The van der Waals surface area contributed by atoms with Crippen LogP contribution in [-0.4, -0.2) is 37.8 Å². The Morgan fingerprint density at radius 1 is 1.36 bits per heavy atom. The zero-order valence-electron chi connectivity index (χ0n) is 13.9. The van der Waals surface area contributed by atoms with E-state index in [1.807, 2.05) is 25.1 Å². The van der Waals surface area contributed by atoms with Gasteiger partial charge in [-0.25, -0.2) is 14.9 Å². The standard InChI is InChI=1S/C17H19ClN6O/c1-2-24-16(21-22-17(24)25)11-4-3-7-23(10-11)15-9-19-13-6-5-12(18)8-14(13)20-15/h5-6,8-9,11H,2-4,7,10H2,1H3,(H,22,25). The Kier molecular flexibility index (Phi) is 4.17. The average Bonchev–Trinajstić information content (AvgIpc) is 3.01. The molecule has 1 N–H and O–H groups in total. The van der Waals surface area contributed by atoms with E-state index in [2.05, 4.69) is 20.1 Å². The molecule has 2 aromatic heterocycles.